The summed E-state index contributed by atoms with van der Waals surface area (Å²) in [5, 5.41) is 7.55. The number of ether oxygens (including phenoxy) is 2. The molecule has 1 saturated heterocycles. The fourth-order valence-electron chi connectivity index (χ4n) is 6.47. The van der Waals surface area contributed by atoms with E-state index in [0.717, 1.165) is 35.3 Å². The zero-order valence-electron chi connectivity index (χ0n) is 26.3. The Morgan fingerprint density at radius 1 is 1.11 bits per heavy atom. The number of nitrogens with zero attached hydrogens (tertiary/aromatic N) is 5. The number of amides is 1. The first-order valence-corrected chi connectivity index (χ1v) is 15.0. The molecule has 4 heterocycles. The van der Waals surface area contributed by atoms with Gasteiger partial charge in [-0.15, -0.1) is 0 Å². The Morgan fingerprint density at radius 3 is 2.58 bits per heavy atom. The van der Waals surface area contributed by atoms with Crippen LogP contribution >= 0.6 is 0 Å². The van der Waals surface area contributed by atoms with Crippen LogP contribution in [0.15, 0.2) is 60.9 Å². The molecule has 0 aliphatic carbocycles. The first-order chi connectivity index (χ1) is 21.7. The van der Waals surface area contributed by atoms with Crippen LogP contribution in [-0.4, -0.2) is 77.3 Å². The monoisotopic (exact) mass is 614 g/mol. The van der Waals surface area contributed by atoms with Gasteiger partial charge < -0.3 is 14.8 Å². The SMILES string of the molecule is CNC(=O)c1cc(-c2nn(-c3ccccc3)c(CC(=O)C[C@@H]3C[C@@H](CCOC)N(C)[C@H]3c3ccnc(F)c3)c2C)cnc1OC. The standard InChI is InChI=1S/C34H39FN6O4/c1-21-29(19-27(42)16-23-15-26(12-14-44-4)40(3)32(23)22-11-13-37-30(35)18-22)41(25-9-7-6-8-10-25)39-31(21)24-17-28(33(43)36-2)34(45-5)38-20-24/h6-11,13,17-18,20,23,26,32H,12,14-16,19H2,1-5H3,(H,36,43)/t23-,26+,32-/m0/s1. The molecule has 3 atom stereocenters. The van der Waals surface area contributed by atoms with E-state index in [0.29, 0.717) is 24.3 Å². The van der Waals surface area contributed by atoms with E-state index in [9.17, 15) is 14.0 Å². The summed E-state index contributed by atoms with van der Waals surface area (Å²) in [7, 11) is 6.72. The number of hydrogen-bond acceptors (Lipinski definition) is 8. The van der Waals surface area contributed by atoms with Gasteiger partial charge in [-0.1, -0.05) is 18.2 Å². The first-order valence-electron chi connectivity index (χ1n) is 15.0. The number of ketones is 1. The van der Waals surface area contributed by atoms with E-state index in [2.05, 4.69) is 20.2 Å². The Bertz CT molecular complexity index is 1660. The number of pyridine rings is 2. The van der Waals surface area contributed by atoms with Gasteiger partial charge in [0, 0.05) is 63.6 Å². The Kier molecular flexibility index (Phi) is 9.99. The minimum Gasteiger partial charge on any atom is -0.480 e. The molecule has 1 amide bonds. The lowest BCUT2D eigenvalue weighted by Gasteiger charge is -2.28. The smallest absolute Gasteiger partial charge is 0.256 e. The number of nitrogens with one attached hydrogen (secondary N) is 1. The van der Waals surface area contributed by atoms with Crippen molar-refractivity contribution in [3.63, 3.8) is 0 Å². The molecule has 0 radical (unpaired) electrons. The van der Waals surface area contributed by atoms with Crippen LogP contribution in [0.25, 0.3) is 16.9 Å². The van der Waals surface area contributed by atoms with Gasteiger partial charge in [-0.3, -0.25) is 14.5 Å². The van der Waals surface area contributed by atoms with E-state index >= 15 is 0 Å². The lowest BCUT2D eigenvalue weighted by atomic mass is 9.88. The van der Waals surface area contributed by atoms with Gasteiger partial charge in [0.15, 0.2) is 0 Å². The summed E-state index contributed by atoms with van der Waals surface area (Å²) in [6.07, 6.45) is 5.18. The van der Waals surface area contributed by atoms with Gasteiger partial charge >= 0.3 is 0 Å². The third-order valence-electron chi connectivity index (χ3n) is 8.67. The summed E-state index contributed by atoms with van der Waals surface area (Å²) in [4.78, 5) is 36.9. The molecule has 1 aliphatic heterocycles. The summed E-state index contributed by atoms with van der Waals surface area (Å²) in [5.41, 5.74) is 4.74. The van der Waals surface area contributed by atoms with Crippen LogP contribution in [-0.2, 0) is 16.0 Å². The van der Waals surface area contributed by atoms with Crippen molar-refractivity contribution in [2.75, 3.05) is 34.9 Å². The van der Waals surface area contributed by atoms with Crippen molar-refractivity contribution in [1.29, 1.82) is 0 Å². The summed E-state index contributed by atoms with van der Waals surface area (Å²) in [5.74, 6) is -0.604. The molecule has 236 valence electrons. The van der Waals surface area contributed by atoms with Crippen LogP contribution in [0.2, 0.25) is 0 Å². The van der Waals surface area contributed by atoms with Gasteiger partial charge in [0.25, 0.3) is 5.91 Å². The summed E-state index contributed by atoms with van der Waals surface area (Å²) >= 11 is 0. The van der Waals surface area contributed by atoms with Crippen molar-refractivity contribution in [1.82, 2.24) is 30.0 Å². The fourth-order valence-corrected chi connectivity index (χ4v) is 6.47. The molecule has 5 rings (SSSR count). The summed E-state index contributed by atoms with van der Waals surface area (Å²) < 4.78 is 26.6. The number of halogens is 1. The number of carbonyl (C=O) groups is 2. The third kappa shape index (κ3) is 6.79. The number of likely N-dealkylation sites (tertiary alicyclic amines) is 1. The number of Topliss-reactive ketones (excluding diaryl/α,β-unsaturated/α-hetero) is 1. The zero-order chi connectivity index (χ0) is 32.1. The molecule has 1 aromatic carbocycles. The summed E-state index contributed by atoms with van der Waals surface area (Å²) in [6, 6.07) is 14.7. The van der Waals surface area contributed by atoms with Crippen molar-refractivity contribution in [2.24, 2.45) is 5.92 Å². The second-order valence-corrected chi connectivity index (χ2v) is 11.4. The molecule has 0 saturated carbocycles. The number of carbonyl (C=O) groups excluding carboxylic acids is 2. The van der Waals surface area contributed by atoms with E-state index in [1.165, 1.54) is 19.4 Å². The van der Waals surface area contributed by atoms with Crippen LogP contribution in [0.3, 0.4) is 0 Å². The lowest BCUT2D eigenvalue weighted by molar-refractivity contribution is -0.119. The minimum atomic E-state index is -0.533. The molecule has 1 fully saturated rings. The molecule has 3 aromatic heterocycles. The highest BCUT2D eigenvalue weighted by Crippen LogP contribution is 2.43. The number of aromatic nitrogens is 4. The predicted molar refractivity (Wildman–Crippen MR) is 168 cm³/mol. The van der Waals surface area contributed by atoms with Gasteiger partial charge in [0.1, 0.15) is 11.3 Å². The largest absolute Gasteiger partial charge is 0.480 e. The van der Waals surface area contributed by atoms with Crippen LogP contribution in [0, 0.1) is 18.8 Å². The van der Waals surface area contributed by atoms with E-state index in [1.54, 1.807) is 31.1 Å². The van der Waals surface area contributed by atoms with Gasteiger partial charge in [0.05, 0.1) is 24.2 Å². The van der Waals surface area contributed by atoms with Crippen molar-refractivity contribution in [3.8, 4) is 22.8 Å². The number of hydrogen-bond donors (Lipinski definition) is 1. The highest BCUT2D eigenvalue weighted by atomic mass is 19.1. The van der Waals surface area contributed by atoms with E-state index < -0.39 is 5.95 Å². The number of benzene rings is 1. The van der Waals surface area contributed by atoms with Crippen LogP contribution < -0.4 is 10.1 Å². The average Bonchev–Trinajstić information content (AvgIpc) is 3.54. The zero-order valence-corrected chi connectivity index (χ0v) is 26.3. The third-order valence-corrected chi connectivity index (χ3v) is 8.67. The highest BCUT2D eigenvalue weighted by Gasteiger charge is 2.40. The number of para-hydroxylation sites is 1. The lowest BCUT2D eigenvalue weighted by Crippen LogP contribution is -2.29. The maximum atomic E-state index is 14.2. The van der Waals surface area contributed by atoms with Gasteiger partial charge in [0.2, 0.25) is 11.8 Å². The number of methoxy groups -OCH3 is 2. The van der Waals surface area contributed by atoms with Crippen molar-refractivity contribution in [3.05, 3.63) is 89.3 Å². The minimum absolute atomic E-state index is 0.0140. The molecule has 11 heteroatoms. The Morgan fingerprint density at radius 2 is 1.89 bits per heavy atom. The number of rotatable bonds is 12. The molecule has 1 aliphatic rings. The average molecular weight is 615 g/mol. The topological polar surface area (TPSA) is 111 Å². The van der Waals surface area contributed by atoms with E-state index in [1.807, 2.05) is 50.4 Å². The summed E-state index contributed by atoms with van der Waals surface area (Å²) in [6.45, 7) is 2.54. The molecular weight excluding hydrogens is 575 g/mol. The normalized spacial score (nSPS) is 18.2. The molecule has 4 aromatic rings. The molecule has 0 bridgehead atoms. The van der Waals surface area contributed by atoms with Gasteiger partial charge in [-0.25, -0.2) is 14.6 Å². The predicted octanol–water partition coefficient (Wildman–Crippen LogP) is 4.74. The second-order valence-electron chi connectivity index (χ2n) is 11.4. The van der Waals surface area contributed by atoms with Crippen LogP contribution in [0.1, 0.15) is 52.5 Å². The van der Waals surface area contributed by atoms with Crippen LogP contribution in [0.5, 0.6) is 5.88 Å². The Balaban J connectivity index is 1.48. The highest BCUT2D eigenvalue weighted by molar-refractivity contribution is 5.97. The molecule has 1 N–H and O–H groups in total. The first kappa shape index (κ1) is 31.9. The van der Waals surface area contributed by atoms with Crippen molar-refractivity contribution < 1.29 is 23.5 Å². The maximum Gasteiger partial charge on any atom is 0.256 e. The Labute approximate surface area is 262 Å². The quantitative estimate of drug-likeness (QED) is 0.228. The molecular formula is C34H39FN6O4. The van der Waals surface area contributed by atoms with E-state index in [-0.39, 0.29) is 47.6 Å². The van der Waals surface area contributed by atoms with E-state index in [4.69, 9.17) is 14.6 Å². The van der Waals surface area contributed by atoms with Crippen molar-refractivity contribution >= 4 is 11.7 Å². The van der Waals surface area contributed by atoms with Gasteiger partial charge in [-0.2, -0.15) is 9.49 Å². The maximum absolute atomic E-state index is 14.2. The van der Waals surface area contributed by atoms with Crippen LogP contribution in [0.4, 0.5) is 4.39 Å². The molecule has 45 heavy (non-hydrogen) atoms. The second kappa shape index (κ2) is 14.1. The van der Waals surface area contributed by atoms with Crippen molar-refractivity contribution in [2.45, 2.75) is 44.7 Å². The molecule has 10 nitrogen and oxygen atoms in total. The fraction of sp³-hybridized carbons (Fsp3) is 0.382. The van der Waals surface area contributed by atoms with Gasteiger partial charge in [-0.05, 0) is 74.2 Å². The Hall–Kier alpha value is -4.48. The molecule has 0 spiro atoms. The molecule has 0 unspecified atom stereocenters.